The van der Waals surface area contributed by atoms with Crippen LogP contribution in [0, 0.1) is 5.82 Å². The Kier molecular flexibility index (Phi) is 5.29. The normalized spacial score (nSPS) is 10.3. The highest BCUT2D eigenvalue weighted by Gasteiger charge is 2.12. The molecule has 0 saturated heterocycles. The maximum atomic E-state index is 12.8. The van der Waals surface area contributed by atoms with Gasteiger partial charge in [-0.2, -0.15) is 0 Å². The van der Waals surface area contributed by atoms with E-state index < -0.39 is 11.8 Å². The molecule has 0 radical (unpaired) electrons. The van der Waals surface area contributed by atoms with E-state index in [1.807, 2.05) is 13.8 Å². The highest BCUT2D eigenvalue weighted by atomic mass is 19.1. The molecule has 0 heterocycles. The summed E-state index contributed by atoms with van der Waals surface area (Å²) in [4.78, 5) is 22.9. The Bertz CT molecular complexity index is 475. The third-order valence-corrected chi connectivity index (χ3v) is 2.25. The number of anilines is 1. The number of nitrogens with two attached hydrogens (primary N) is 1. The van der Waals surface area contributed by atoms with Crippen LogP contribution in [0.2, 0.25) is 0 Å². The predicted octanol–water partition coefficient (Wildman–Crippen LogP) is 1.48. The van der Waals surface area contributed by atoms with Crippen molar-refractivity contribution in [2.24, 2.45) is 0 Å². The van der Waals surface area contributed by atoms with Crippen LogP contribution in [0.5, 0.6) is 0 Å². The number of halogens is 1. The number of rotatable bonds is 5. The van der Waals surface area contributed by atoms with E-state index in [-0.39, 0.29) is 36.2 Å². The van der Waals surface area contributed by atoms with Gasteiger partial charge in [0.2, 0.25) is 5.91 Å². The molecular weight excluding hydrogens is 251 g/mol. The number of esters is 1. The summed E-state index contributed by atoms with van der Waals surface area (Å²) in [5, 5.41) is 2.67. The van der Waals surface area contributed by atoms with Crippen molar-refractivity contribution in [1.82, 2.24) is 5.32 Å². The molecule has 5 nitrogen and oxygen atoms in total. The van der Waals surface area contributed by atoms with Gasteiger partial charge in [-0.3, -0.25) is 4.79 Å². The van der Waals surface area contributed by atoms with Crippen LogP contribution in [0.15, 0.2) is 18.2 Å². The molecule has 0 aliphatic carbocycles. The van der Waals surface area contributed by atoms with Crippen LogP contribution in [0.25, 0.3) is 0 Å². The van der Waals surface area contributed by atoms with Crippen molar-refractivity contribution in [1.29, 1.82) is 0 Å². The van der Waals surface area contributed by atoms with Crippen molar-refractivity contribution in [2.75, 3.05) is 12.3 Å². The number of hydrogen-bond acceptors (Lipinski definition) is 4. The van der Waals surface area contributed by atoms with Crippen LogP contribution in [0.3, 0.4) is 0 Å². The average Bonchev–Trinajstić information content (AvgIpc) is 2.27. The lowest BCUT2D eigenvalue weighted by Crippen LogP contribution is -2.31. The van der Waals surface area contributed by atoms with Gasteiger partial charge in [-0.15, -0.1) is 0 Å². The van der Waals surface area contributed by atoms with Gasteiger partial charge >= 0.3 is 5.97 Å². The zero-order valence-corrected chi connectivity index (χ0v) is 10.9. The van der Waals surface area contributed by atoms with Crippen LogP contribution in [-0.4, -0.2) is 24.5 Å². The molecule has 19 heavy (non-hydrogen) atoms. The predicted molar refractivity (Wildman–Crippen MR) is 69.0 cm³/mol. The standard InChI is InChI=1S/C13H17FN2O3/c1-8(2)16-12(17)5-6-19-13(18)10-4-3-9(14)7-11(10)15/h3-4,7-8H,5-6,15H2,1-2H3,(H,16,17). The van der Waals surface area contributed by atoms with Crippen LogP contribution in [0.1, 0.15) is 30.6 Å². The van der Waals surface area contributed by atoms with Crippen LogP contribution in [0.4, 0.5) is 10.1 Å². The molecule has 0 atom stereocenters. The van der Waals surface area contributed by atoms with Gasteiger partial charge in [0.1, 0.15) is 12.4 Å². The molecule has 3 N–H and O–H groups in total. The minimum absolute atomic E-state index is 0.0108. The number of carbonyl (C=O) groups excluding carboxylic acids is 2. The molecule has 0 spiro atoms. The monoisotopic (exact) mass is 268 g/mol. The maximum absolute atomic E-state index is 12.8. The van der Waals surface area contributed by atoms with Gasteiger partial charge in [-0.1, -0.05) is 0 Å². The Morgan fingerprint density at radius 3 is 2.68 bits per heavy atom. The lowest BCUT2D eigenvalue weighted by atomic mass is 10.2. The molecule has 0 unspecified atom stereocenters. The Morgan fingerprint density at radius 2 is 2.11 bits per heavy atom. The second kappa shape index (κ2) is 6.72. The molecule has 0 aliphatic rings. The van der Waals surface area contributed by atoms with E-state index in [2.05, 4.69) is 5.32 Å². The van der Waals surface area contributed by atoms with Crippen molar-refractivity contribution < 1.29 is 18.7 Å². The van der Waals surface area contributed by atoms with E-state index in [0.717, 1.165) is 12.1 Å². The van der Waals surface area contributed by atoms with Crippen molar-refractivity contribution in [3.05, 3.63) is 29.6 Å². The lowest BCUT2D eigenvalue weighted by molar-refractivity contribution is -0.122. The molecule has 1 aromatic carbocycles. The first-order chi connectivity index (χ1) is 8.90. The first-order valence-corrected chi connectivity index (χ1v) is 5.91. The van der Waals surface area contributed by atoms with Gasteiger partial charge in [0.05, 0.1) is 12.0 Å². The third-order valence-electron chi connectivity index (χ3n) is 2.25. The highest BCUT2D eigenvalue weighted by molar-refractivity contribution is 5.95. The van der Waals surface area contributed by atoms with Gasteiger partial charge in [0, 0.05) is 11.7 Å². The Hall–Kier alpha value is -2.11. The SMILES string of the molecule is CC(C)NC(=O)CCOC(=O)c1ccc(F)cc1N. The average molecular weight is 268 g/mol. The topological polar surface area (TPSA) is 81.4 Å². The number of carbonyl (C=O) groups is 2. The Balaban J connectivity index is 2.45. The molecule has 0 saturated carbocycles. The van der Waals surface area contributed by atoms with Crippen molar-refractivity contribution >= 4 is 17.6 Å². The number of benzene rings is 1. The largest absolute Gasteiger partial charge is 0.461 e. The summed E-state index contributed by atoms with van der Waals surface area (Å²) in [5.74, 6) is -1.39. The summed E-state index contributed by atoms with van der Waals surface area (Å²) in [6.45, 7) is 3.63. The Morgan fingerprint density at radius 1 is 1.42 bits per heavy atom. The fourth-order valence-electron chi connectivity index (χ4n) is 1.43. The fraction of sp³-hybridized carbons (Fsp3) is 0.385. The fourth-order valence-corrected chi connectivity index (χ4v) is 1.43. The first-order valence-electron chi connectivity index (χ1n) is 5.91. The highest BCUT2D eigenvalue weighted by Crippen LogP contribution is 2.14. The van der Waals surface area contributed by atoms with Gasteiger partial charge in [-0.05, 0) is 32.0 Å². The maximum Gasteiger partial charge on any atom is 0.340 e. The van der Waals surface area contributed by atoms with Gasteiger partial charge in [0.15, 0.2) is 0 Å². The summed E-state index contributed by atoms with van der Waals surface area (Å²) in [7, 11) is 0. The summed E-state index contributed by atoms with van der Waals surface area (Å²) < 4.78 is 17.7. The number of nitrogen functional groups attached to an aromatic ring is 1. The van der Waals surface area contributed by atoms with E-state index in [1.165, 1.54) is 6.07 Å². The van der Waals surface area contributed by atoms with E-state index in [0.29, 0.717) is 0 Å². The molecule has 6 heteroatoms. The summed E-state index contributed by atoms with van der Waals surface area (Å²) >= 11 is 0. The minimum Gasteiger partial charge on any atom is -0.461 e. The van der Waals surface area contributed by atoms with Crippen LogP contribution >= 0.6 is 0 Å². The van der Waals surface area contributed by atoms with Gasteiger partial charge in [-0.25, -0.2) is 9.18 Å². The molecule has 1 amide bonds. The molecule has 0 fully saturated rings. The lowest BCUT2D eigenvalue weighted by Gasteiger charge is -2.09. The zero-order chi connectivity index (χ0) is 14.4. The number of hydrogen-bond donors (Lipinski definition) is 2. The minimum atomic E-state index is -0.671. The number of amides is 1. The molecule has 104 valence electrons. The van der Waals surface area contributed by atoms with Gasteiger partial charge < -0.3 is 15.8 Å². The van der Waals surface area contributed by atoms with Gasteiger partial charge in [0.25, 0.3) is 0 Å². The zero-order valence-electron chi connectivity index (χ0n) is 10.9. The van der Waals surface area contributed by atoms with E-state index in [1.54, 1.807) is 0 Å². The summed E-state index contributed by atoms with van der Waals surface area (Å²) in [6.07, 6.45) is 0.0744. The smallest absolute Gasteiger partial charge is 0.340 e. The number of nitrogens with one attached hydrogen (secondary N) is 1. The quantitative estimate of drug-likeness (QED) is 0.626. The van der Waals surface area contributed by atoms with Crippen molar-refractivity contribution in [3.63, 3.8) is 0 Å². The molecular formula is C13H17FN2O3. The first kappa shape index (κ1) is 14.9. The molecule has 0 bridgehead atoms. The van der Waals surface area contributed by atoms with Crippen molar-refractivity contribution in [3.8, 4) is 0 Å². The second-order valence-electron chi connectivity index (χ2n) is 4.34. The van der Waals surface area contributed by atoms with E-state index >= 15 is 0 Å². The van der Waals surface area contributed by atoms with Crippen LogP contribution in [-0.2, 0) is 9.53 Å². The molecule has 1 rings (SSSR count). The van der Waals surface area contributed by atoms with Crippen LogP contribution < -0.4 is 11.1 Å². The summed E-state index contributed by atoms with van der Waals surface area (Å²) in [6, 6.07) is 3.46. The van der Waals surface area contributed by atoms with E-state index in [9.17, 15) is 14.0 Å². The summed E-state index contributed by atoms with van der Waals surface area (Å²) in [5.41, 5.74) is 5.60. The Labute approximate surface area is 110 Å². The van der Waals surface area contributed by atoms with E-state index in [4.69, 9.17) is 10.5 Å². The molecule has 0 aromatic heterocycles. The number of ether oxygens (including phenoxy) is 1. The third kappa shape index (κ3) is 4.95. The molecule has 1 aromatic rings. The molecule has 0 aliphatic heterocycles. The second-order valence-corrected chi connectivity index (χ2v) is 4.34. The van der Waals surface area contributed by atoms with Crippen molar-refractivity contribution in [2.45, 2.75) is 26.3 Å².